The number of alkyl halides is 1. The second-order valence-electron chi connectivity index (χ2n) is 1.72. The fourth-order valence-corrected chi connectivity index (χ4v) is 0.122. The van der Waals surface area contributed by atoms with Gasteiger partial charge in [-0.3, -0.25) is 0 Å². The average molecular weight is 122 g/mol. The summed E-state index contributed by atoms with van der Waals surface area (Å²) in [6.45, 7) is 3.69. The molecule has 0 aromatic carbocycles. The molecule has 0 aliphatic carbocycles. The van der Waals surface area contributed by atoms with E-state index in [9.17, 15) is 4.91 Å². The molecule has 42 valence electrons. The van der Waals surface area contributed by atoms with E-state index in [0.717, 1.165) is 0 Å². The Labute approximate surface area is 47.8 Å². The summed E-state index contributed by atoms with van der Waals surface area (Å²) in [5.41, 5.74) is -0.556. The van der Waals surface area contributed by atoms with Crippen molar-refractivity contribution in [2.75, 3.05) is 0 Å². The maximum absolute atomic E-state index is 9.56. The molecule has 0 fully saturated rings. The van der Waals surface area contributed by atoms with E-state index in [2.05, 4.69) is 5.18 Å². The molecule has 0 aromatic heterocycles. The molecule has 7 heavy (non-hydrogen) atoms. The number of hydrogen-bond acceptors (Lipinski definition) is 2. The Kier molecular flexibility index (Phi) is 2.92. The first-order chi connectivity index (χ1) is 3.18. The highest BCUT2D eigenvalue weighted by molar-refractivity contribution is 6.20. The Morgan fingerprint density at radius 1 is 1.57 bits per heavy atom. The standard InChI is InChI=1S/C4H8ClNO/c1-3(2)4(5)6-7/h3-4H,1-2H3. The largest absolute Gasteiger partial charge is 0.167 e. The van der Waals surface area contributed by atoms with E-state index < -0.39 is 5.50 Å². The second kappa shape index (κ2) is 2.97. The van der Waals surface area contributed by atoms with Crippen LogP contribution in [0, 0.1) is 10.8 Å². The third-order valence-corrected chi connectivity index (χ3v) is 1.23. The van der Waals surface area contributed by atoms with Gasteiger partial charge in [0, 0.05) is 0 Å². The molecular formula is C4H8ClNO. The van der Waals surface area contributed by atoms with Crippen LogP contribution >= 0.6 is 11.6 Å². The summed E-state index contributed by atoms with van der Waals surface area (Å²) in [5.74, 6) is 0.152. The van der Waals surface area contributed by atoms with Gasteiger partial charge in [-0.1, -0.05) is 25.4 Å². The Bertz CT molecular complexity index is 64.7. The third-order valence-electron chi connectivity index (χ3n) is 0.651. The molecule has 0 aliphatic heterocycles. The van der Waals surface area contributed by atoms with Crippen molar-refractivity contribution < 1.29 is 0 Å². The summed E-state index contributed by atoms with van der Waals surface area (Å²) in [6.07, 6.45) is 0. The van der Waals surface area contributed by atoms with Crippen molar-refractivity contribution in [2.45, 2.75) is 19.3 Å². The lowest BCUT2D eigenvalue weighted by molar-refractivity contribution is 0.615. The van der Waals surface area contributed by atoms with Gasteiger partial charge in [0.05, 0.1) is 0 Å². The molecule has 2 nitrogen and oxygen atoms in total. The van der Waals surface area contributed by atoms with Crippen LogP contribution in [0.5, 0.6) is 0 Å². The molecule has 0 aromatic rings. The lowest BCUT2D eigenvalue weighted by Crippen LogP contribution is -2.01. The molecule has 0 aliphatic rings. The van der Waals surface area contributed by atoms with Crippen LogP contribution in [-0.2, 0) is 0 Å². The first-order valence-corrected chi connectivity index (χ1v) is 2.58. The lowest BCUT2D eigenvalue weighted by Gasteiger charge is -2.00. The number of hydrogen-bond donors (Lipinski definition) is 0. The zero-order valence-corrected chi connectivity index (χ0v) is 5.14. The quantitative estimate of drug-likeness (QED) is 0.312. The Morgan fingerprint density at radius 2 is 2.00 bits per heavy atom. The summed E-state index contributed by atoms with van der Waals surface area (Å²) < 4.78 is 0. The summed E-state index contributed by atoms with van der Waals surface area (Å²) in [4.78, 5) is 9.56. The fraction of sp³-hybridized carbons (Fsp3) is 1.00. The maximum Gasteiger partial charge on any atom is 0.167 e. The molecule has 0 bridgehead atoms. The van der Waals surface area contributed by atoms with Gasteiger partial charge in [0.25, 0.3) is 0 Å². The molecule has 0 heterocycles. The molecule has 0 spiro atoms. The van der Waals surface area contributed by atoms with Crippen LogP contribution in [0.15, 0.2) is 5.18 Å². The number of halogens is 1. The van der Waals surface area contributed by atoms with E-state index in [4.69, 9.17) is 11.6 Å². The first-order valence-electron chi connectivity index (χ1n) is 2.15. The van der Waals surface area contributed by atoms with Crippen LogP contribution in [0.1, 0.15) is 13.8 Å². The second-order valence-corrected chi connectivity index (χ2v) is 2.17. The predicted octanol–water partition coefficient (Wildman–Crippen LogP) is 1.97. The monoisotopic (exact) mass is 121 g/mol. The summed E-state index contributed by atoms with van der Waals surface area (Å²) in [5, 5.41) is 2.60. The van der Waals surface area contributed by atoms with Gasteiger partial charge in [-0.15, -0.1) is 4.91 Å². The van der Waals surface area contributed by atoms with E-state index in [0.29, 0.717) is 0 Å². The van der Waals surface area contributed by atoms with Gasteiger partial charge in [-0.2, -0.15) is 0 Å². The number of nitroso groups, excluding NO2 is 1. The van der Waals surface area contributed by atoms with E-state index in [1.54, 1.807) is 0 Å². The smallest absolute Gasteiger partial charge is 0.149 e. The van der Waals surface area contributed by atoms with Crippen LogP contribution < -0.4 is 0 Å². The van der Waals surface area contributed by atoms with Crippen molar-refractivity contribution in [1.29, 1.82) is 0 Å². The molecule has 0 saturated carbocycles. The van der Waals surface area contributed by atoms with Gasteiger partial charge in [0.2, 0.25) is 0 Å². The van der Waals surface area contributed by atoms with Crippen molar-refractivity contribution in [1.82, 2.24) is 0 Å². The molecule has 1 atom stereocenters. The highest BCUT2D eigenvalue weighted by Gasteiger charge is 2.06. The Morgan fingerprint density at radius 3 is 2.00 bits per heavy atom. The van der Waals surface area contributed by atoms with E-state index in [-0.39, 0.29) is 5.92 Å². The molecular weight excluding hydrogens is 114 g/mol. The first kappa shape index (κ1) is 6.89. The van der Waals surface area contributed by atoms with E-state index in [1.165, 1.54) is 0 Å². The summed E-state index contributed by atoms with van der Waals surface area (Å²) in [6, 6.07) is 0. The number of rotatable bonds is 2. The summed E-state index contributed by atoms with van der Waals surface area (Å²) >= 11 is 5.32. The average Bonchev–Trinajstić information content (AvgIpc) is 1.65. The van der Waals surface area contributed by atoms with Crippen molar-refractivity contribution in [3.05, 3.63) is 4.91 Å². The maximum atomic E-state index is 9.56. The molecule has 0 amide bonds. The Balaban J connectivity index is 3.33. The van der Waals surface area contributed by atoms with Gasteiger partial charge in [-0.05, 0) is 11.1 Å². The normalized spacial score (nSPS) is 14.3. The van der Waals surface area contributed by atoms with Gasteiger partial charge < -0.3 is 0 Å². The van der Waals surface area contributed by atoms with Gasteiger partial charge in [-0.25, -0.2) is 0 Å². The molecule has 0 rings (SSSR count). The molecule has 0 radical (unpaired) electrons. The van der Waals surface area contributed by atoms with E-state index >= 15 is 0 Å². The van der Waals surface area contributed by atoms with Crippen LogP contribution in [-0.4, -0.2) is 5.50 Å². The highest BCUT2D eigenvalue weighted by atomic mass is 35.5. The molecule has 3 heteroatoms. The zero-order valence-electron chi connectivity index (χ0n) is 4.39. The van der Waals surface area contributed by atoms with E-state index in [1.807, 2.05) is 13.8 Å². The third kappa shape index (κ3) is 2.57. The minimum atomic E-state index is -0.556. The zero-order chi connectivity index (χ0) is 5.86. The molecule has 0 N–H and O–H groups in total. The van der Waals surface area contributed by atoms with Gasteiger partial charge >= 0.3 is 0 Å². The number of nitrogens with zero attached hydrogens (tertiary/aromatic N) is 1. The van der Waals surface area contributed by atoms with Crippen molar-refractivity contribution >= 4 is 11.6 Å². The highest BCUT2D eigenvalue weighted by Crippen LogP contribution is 2.08. The molecule has 0 saturated heterocycles. The SMILES string of the molecule is CC(C)C(Cl)N=O. The summed E-state index contributed by atoms with van der Waals surface area (Å²) in [7, 11) is 0. The van der Waals surface area contributed by atoms with Crippen molar-refractivity contribution in [3.63, 3.8) is 0 Å². The minimum absolute atomic E-state index is 0.152. The van der Waals surface area contributed by atoms with Crippen molar-refractivity contribution in [2.24, 2.45) is 11.1 Å². The van der Waals surface area contributed by atoms with Crippen molar-refractivity contribution in [3.8, 4) is 0 Å². The van der Waals surface area contributed by atoms with Crippen LogP contribution in [0.25, 0.3) is 0 Å². The predicted molar refractivity (Wildman–Crippen MR) is 30.3 cm³/mol. The Hall–Kier alpha value is -0.110. The lowest BCUT2D eigenvalue weighted by atomic mass is 10.2. The topological polar surface area (TPSA) is 29.4 Å². The van der Waals surface area contributed by atoms with Gasteiger partial charge in [0.1, 0.15) is 0 Å². The van der Waals surface area contributed by atoms with Crippen LogP contribution in [0.3, 0.4) is 0 Å². The van der Waals surface area contributed by atoms with Crippen LogP contribution in [0.4, 0.5) is 0 Å². The molecule has 1 unspecified atom stereocenters. The van der Waals surface area contributed by atoms with Gasteiger partial charge in [0.15, 0.2) is 5.50 Å². The van der Waals surface area contributed by atoms with Crippen LogP contribution in [0.2, 0.25) is 0 Å². The fourth-order valence-electron chi connectivity index (χ4n) is 0.122. The minimum Gasteiger partial charge on any atom is -0.149 e.